The standard InChI is InChI=1S/C24H15Br2NO3/c25-23-15-5-1-2-6-16(15)24(26,18-8-4-3-7-17(18)23)20-19(23)21(29)27(22(20)30)13-9-11-14(28)12-10-13/h1-12,19-20,28H/t19-,20-,23?,24?/m0/s1. The Kier molecular flexibility index (Phi) is 3.56. The average Bonchev–Trinajstić information content (AvgIpc) is 3.04. The smallest absolute Gasteiger partial charge is 0.239 e. The summed E-state index contributed by atoms with van der Waals surface area (Å²) in [5.41, 5.74) is 4.51. The summed E-state index contributed by atoms with van der Waals surface area (Å²) in [6.45, 7) is 0. The number of benzene rings is 3. The van der Waals surface area contributed by atoms with Crippen LogP contribution in [0.1, 0.15) is 22.3 Å². The highest BCUT2D eigenvalue weighted by Gasteiger charge is 2.72. The molecular weight excluding hydrogens is 510 g/mol. The van der Waals surface area contributed by atoms with E-state index in [0.717, 1.165) is 22.3 Å². The van der Waals surface area contributed by atoms with Gasteiger partial charge in [0.1, 0.15) is 5.75 Å². The van der Waals surface area contributed by atoms with Crippen molar-refractivity contribution in [3.8, 4) is 5.75 Å². The predicted molar refractivity (Wildman–Crippen MR) is 120 cm³/mol. The lowest BCUT2D eigenvalue weighted by Crippen LogP contribution is -2.56. The van der Waals surface area contributed by atoms with Gasteiger partial charge in [-0.25, -0.2) is 4.90 Å². The van der Waals surface area contributed by atoms with Crippen LogP contribution >= 0.6 is 31.9 Å². The van der Waals surface area contributed by atoms with Gasteiger partial charge in [-0.3, -0.25) is 9.59 Å². The van der Waals surface area contributed by atoms with Crippen LogP contribution in [-0.4, -0.2) is 16.9 Å². The Morgan fingerprint density at radius 1 is 0.667 bits per heavy atom. The molecule has 3 aliphatic carbocycles. The zero-order valence-electron chi connectivity index (χ0n) is 15.5. The molecule has 3 aromatic carbocycles. The summed E-state index contributed by atoms with van der Waals surface area (Å²) in [7, 11) is 0. The molecule has 0 saturated carbocycles. The van der Waals surface area contributed by atoms with Gasteiger partial charge in [-0.05, 0) is 46.5 Å². The highest BCUT2D eigenvalue weighted by atomic mass is 79.9. The molecule has 7 rings (SSSR count). The fourth-order valence-electron chi connectivity index (χ4n) is 5.52. The third-order valence-corrected chi connectivity index (χ3v) is 9.39. The van der Waals surface area contributed by atoms with E-state index >= 15 is 0 Å². The van der Waals surface area contributed by atoms with E-state index in [1.807, 2.05) is 48.5 Å². The monoisotopic (exact) mass is 523 g/mol. The lowest BCUT2D eigenvalue weighted by molar-refractivity contribution is -0.122. The summed E-state index contributed by atoms with van der Waals surface area (Å²) in [6.07, 6.45) is 0. The summed E-state index contributed by atoms with van der Waals surface area (Å²) in [5, 5.41) is 9.65. The summed E-state index contributed by atoms with van der Waals surface area (Å²) in [5.74, 6) is -1.57. The van der Waals surface area contributed by atoms with E-state index in [9.17, 15) is 14.7 Å². The molecular formula is C24H15Br2NO3. The molecule has 1 saturated heterocycles. The molecule has 4 aliphatic rings. The van der Waals surface area contributed by atoms with Crippen LogP contribution in [0.3, 0.4) is 0 Å². The van der Waals surface area contributed by atoms with E-state index in [2.05, 4.69) is 31.9 Å². The third kappa shape index (κ3) is 1.92. The van der Waals surface area contributed by atoms with Gasteiger partial charge in [0.15, 0.2) is 0 Å². The summed E-state index contributed by atoms with van der Waals surface area (Å²) >= 11 is 7.96. The first kappa shape index (κ1) is 18.3. The van der Waals surface area contributed by atoms with E-state index in [4.69, 9.17) is 0 Å². The molecule has 1 N–H and O–H groups in total. The molecule has 2 bridgehead atoms. The zero-order valence-corrected chi connectivity index (χ0v) is 18.7. The summed E-state index contributed by atoms with van der Waals surface area (Å²) in [6, 6.07) is 22.2. The fourth-order valence-corrected chi connectivity index (χ4v) is 7.83. The molecule has 0 aromatic heterocycles. The number of carbonyl (C=O) groups is 2. The molecule has 0 spiro atoms. The quantitative estimate of drug-likeness (QED) is 0.367. The van der Waals surface area contributed by atoms with Crippen molar-refractivity contribution in [2.45, 2.75) is 8.65 Å². The van der Waals surface area contributed by atoms with Gasteiger partial charge >= 0.3 is 0 Å². The van der Waals surface area contributed by atoms with Crippen LogP contribution in [0, 0.1) is 11.8 Å². The van der Waals surface area contributed by atoms with Gasteiger partial charge in [0.05, 0.1) is 26.2 Å². The Labute approximate surface area is 189 Å². The van der Waals surface area contributed by atoms with Crippen molar-refractivity contribution < 1.29 is 14.7 Å². The van der Waals surface area contributed by atoms with Gasteiger partial charge in [-0.2, -0.15) is 0 Å². The first-order valence-electron chi connectivity index (χ1n) is 9.64. The number of imide groups is 1. The molecule has 30 heavy (non-hydrogen) atoms. The number of phenols is 1. The highest BCUT2D eigenvalue weighted by Crippen LogP contribution is 2.70. The maximum atomic E-state index is 13.8. The van der Waals surface area contributed by atoms with Gasteiger partial charge in [0.25, 0.3) is 0 Å². The number of aromatic hydroxyl groups is 1. The molecule has 2 amide bonds. The van der Waals surface area contributed by atoms with Crippen molar-refractivity contribution in [3.05, 3.63) is 95.1 Å². The van der Waals surface area contributed by atoms with Gasteiger partial charge in [-0.15, -0.1) is 0 Å². The van der Waals surface area contributed by atoms with Gasteiger partial charge in [0, 0.05) is 0 Å². The molecule has 6 heteroatoms. The Morgan fingerprint density at radius 3 is 1.40 bits per heavy atom. The van der Waals surface area contributed by atoms with Crippen LogP contribution < -0.4 is 4.90 Å². The van der Waals surface area contributed by atoms with E-state index in [0.29, 0.717) is 5.69 Å². The van der Waals surface area contributed by atoms with Crippen molar-refractivity contribution in [2.75, 3.05) is 4.90 Å². The second-order valence-electron chi connectivity index (χ2n) is 8.00. The van der Waals surface area contributed by atoms with Crippen molar-refractivity contribution in [2.24, 2.45) is 11.8 Å². The minimum atomic E-state index is -0.793. The Morgan fingerprint density at radius 2 is 1.03 bits per heavy atom. The third-order valence-electron chi connectivity index (χ3n) is 6.69. The summed E-state index contributed by atoms with van der Waals surface area (Å²) < 4.78 is -1.59. The maximum absolute atomic E-state index is 13.8. The van der Waals surface area contributed by atoms with E-state index in [1.54, 1.807) is 12.1 Å². The number of amides is 2. The van der Waals surface area contributed by atoms with Crippen LogP contribution in [0.25, 0.3) is 0 Å². The van der Waals surface area contributed by atoms with Gasteiger partial charge < -0.3 is 5.11 Å². The molecule has 1 aliphatic heterocycles. The van der Waals surface area contributed by atoms with Gasteiger partial charge in [0.2, 0.25) is 11.8 Å². The van der Waals surface area contributed by atoms with Crippen molar-refractivity contribution >= 4 is 49.4 Å². The Hall–Kier alpha value is -2.44. The van der Waals surface area contributed by atoms with Crippen LogP contribution in [-0.2, 0) is 18.2 Å². The normalized spacial score (nSPS) is 30.8. The number of halogens is 2. The topological polar surface area (TPSA) is 57.6 Å². The molecule has 1 fully saturated rings. The molecule has 3 aromatic rings. The molecule has 0 radical (unpaired) electrons. The van der Waals surface area contributed by atoms with Crippen LogP contribution in [0.5, 0.6) is 5.75 Å². The predicted octanol–water partition coefficient (Wildman–Crippen LogP) is 4.80. The number of phenolic OH excluding ortho intramolecular Hbond substituents is 1. The number of hydrogen-bond donors (Lipinski definition) is 1. The minimum Gasteiger partial charge on any atom is -0.508 e. The first-order chi connectivity index (χ1) is 14.4. The van der Waals surface area contributed by atoms with Gasteiger partial charge in [-0.1, -0.05) is 80.4 Å². The van der Waals surface area contributed by atoms with E-state index in [1.165, 1.54) is 17.0 Å². The SMILES string of the molecule is O=C1[C@@H]2[C@@H](C(=O)N1c1ccc(O)cc1)C1(Br)c3ccccc3C2(Br)c2ccccc21. The second-order valence-corrected chi connectivity index (χ2v) is 10.5. The summed E-state index contributed by atoms with van der Waals surface area (Å²) in [4.78, 5) is 28.8. The number of hydrogen-bond acceptors (Lipinski definition) is 3. The highest BCUT2D eigenvalue weighted by molar-refractivity contribution is 9.10. The second kappa shape index (κ2) is 5.83. The first-order valence-corrected chi connectivity index (χ1v) is 11.2. The number of nitrogens with zero attached hydrogens (tertiary/aromatic N) is 1. The minimum absolute atomic E-state index is 0.0871. The zero-order chi connectivity index (χ0) is 20.8. The maximum Gasteiger partial charge on any atom is 0.239 e. The fraction of sp³-hybridized carbons (Fsp3) is 0.167. The van der Waals surface area contributed by atoms with Crippen molar-refractivity contribution in [1.29, 1.82) is 0 Å². The number of rotatable bonds is 1. The number of alkyl halides is 2. The van der Waals surface area contributed by atoms with Crippen molar-refractivity contribution in [3.63, 3.8) is 0 Å². The molecule has 148 valence electrons. The van der Waals surface area contributed by atoms with Crippen LogP contribution in [0.15, 0.2) is 72.8 Å². The Balaban J connectivity index is 1.66. The number of carbonyl (C=O) groups excluding carboxylic acids is 2. The van der Waals surface area contributed by atoms with Crippen LogP contribution in [0.4, 0.5) is 5.69 Å². The lowest BCUT2D eigenvalue weighted by atomic mass is 9.54. The average molecular weight is 525 g/mol. The van der Waals surface area contributed by atoms with Crippen LogP contribution in [0.2, 0.25) is 0 Å². The largest absolute Gasteiger partial charge is 0.508 e. The lowest BCUT2D eigenvalue weighted by Gasteiger charge is -2.55. The molecule has 0 unspecified atom stereocenters. The molecule has 4 nitrogen and oxygen atoms in total. The van der Waals surface area contributed by atoms with E-state index in [-0.39, 0.29) is 17.6 Å². The van der Waals surface area contributed by atoms with E-state index < -0.39 is 20.5 Å². The van der Waals surface area contributed by atoms with Crippen molar-refractivity contribution in [1.82, 2.24) is 0 Å². The molecule has 1 heterocycles. The Bertz CT molecular complexity index is 1130. The number of anilines is 1. The molecule has 2 atom stereocenters.